The van der Waals surface area contributed by atoms with E-state index in [1.54, 1.807) is 11.8 Å². The third kappa shape index (κ3) is 4.93. The molecule has 0 spiro atoms. The van der Waals surface area contributed by atoms with Crippen molar-refractivity contribution in [2.45, 2.75) is 18.3 Å². The van der Waals surface area contributed by atoms with E-state index < -0.39 is 0 Å². The second-order valence-corrected chi connectivity index (χ2v) is 6.70. The topological polar surface area (TPSA) is 47.6 Å². The molecule has 0 unspecified atom stereocenters. The number of carbonyl (C=O) groups excluding carboxylic acids is 1. The predicted molar refractivity (Wildman–Crippen MR) is 96.6 cm³/mol. The van der Waals surface area contributed by atoms with Crippen LogP contribution in [-0.2, 0) is 10.5 Å². The van der Waals surface area contributed by atoms with Gasteiger partial charge in [0, 0.05) is 17.9 Å². The summed E-state index contributed by atoms with van der Waals surface area (Å²) in [4.78, 5) is 11.9. The van der Waals surface area contributed by atoms with E-state index in [2.05, 4.69) is 17.4 Å². The van der Waals surface area contributed by atoms with E-state index in [1.165, 1.54) is 5.56 Å². The highest BCUT2D eigenvalue weighted by atomic mass is 32.2. The molecule has 1 heterocycles. The first-order chi connectivity index (χ1) is 11.8. The molecule has 126 valence electrons. The molecule has 24 heavy (non-hydrogen) atoms. The third-order valence-electron chi connectivity index (χ3n) is 3.68. The Kier molecular flexibility index (Phi) is 6.01. The minimum Gasteiger partial charge on any atom is -0.486 e. The minimum atomic E-state index is -0.138. The van der Waals surface area contributed by atoms with Crippen molar-refractivity contribution in [2.24, 2.45) is 0 Å². The van der Waals surface area contributed by atoms with Gasteiger partial charge in [0.25, 0.3) is 0 Å². The Morgan fingerprint density at radius 3 is 2.67 bits per heavy atom. The lowest BCUT2D eigenvalue weighted by molar-refractivity contribution is -0.121. The van der Waals surface area contributed by atoms with Gasteiger partial charge in [-0.3, -0.25) is 4.79 Å². The van der Waals surface area contributed by atoms with Crippen molar-refractivity contribution in [3.63, 3.8) is 0 Å². The van der Waals surface area contributed by atoms with Gasteiger partial charge in [0.2, 0.25) is 5.91 Å². The minimum absolute atomic E-state index is 0.0537. The van der Waals surface area contributed by atoms with Crippen LogP contribution in [0.1, 0.15) is 12.0 Å². The molecule has 0 aromatic heterocycles. The monoisotopic (exact) mass is 343 g/mol. The van der Waals surface area contributed by atoms with Gasteiger partial charge in [0.1, 0.15) is 12.7 Å². The van der Waals surface area contributed by atoms with E-state index in [0.29, 0.717) is 19.6 Å². The second-order valence-electron chi connectivity index (χ2n) is 5.59. The van der Waals surface area contributed by atoms with Gasteiger partial charge in [0.15, 0.2) is 11.5 Å². The van der Waals surface area contributed by atoms with Gasteiger partial charge in [-0.2, -0.15) is 11.8 Å². The highest BCUT2D eigenvalue weighted by Gasteiger charge is 2.20. The number of amides is 1. The number of hydrogen-bond acceptors (Lipinski definition) is 4. The van der Waals surface area contributed by atoms with Gasteiger partial charge in [-0.15, -0.1) is 0 Å². The number of rotatable bonds is 7. The lowest BCUT2D eigenvalue weighted by Gasteiger charge is -2.26. The number of nitrogens with one attached hydrogen (secondary N) is 1. The lowest BCUT2D eigenvalue weighted by atomic mass is 10.2. The fourth-order valence-electron chi connectivity index (χ4n) is 2.41. The predicted octanol–water partition coefficient (Wildman–Crippen LogP) is 3.27. The van der Waals surface area contributed by atoms with Crippen molar-refractivity contribution in [1.29, 1.82) is 0 Å². The summed E-state index contributed by atoms with van der Waals surface area (Å²) in [6.45, 7) is 0.927. The zero-order chi connectivity index (χ0) is 16.6. The zero-order valence-corrected chi connectivity index (χ0v) is 14.3. The highest BCUT2D eigenvalue weighted by Crippen LogP contribution is 2.30. The van der Waals surface area contributed by atoms with Gasteiger partial charge in [-0.05, 0) is 17.7 Å². The Balaban J connectivity index is 1.32. The second kappa shape index (κ2) is 8.64. The van der Waals surface area contributed by atoms with Gasteiger partial charge in [-0.25, -0.2) is 0 Å². The maximum Gasteiger partial charge on any atom is 0.220 e. The fourth-order valence-corrected chi connectivity index (χ4v) is 3.31. The van der Waals surface area contributed by atoms with E-state index >= 15 is 0 Å². The van der Waals surface area contributed by atoms with Crippen LogP contribution < -0.4 is 14.8 Å². The summed E-state index contributed by atoms with van der Waals surface area (Å²) in [6, 6.07) is 17.9. The number of ether oxygens (including phenoxy) is 2. The molecule has 0 aliphatic carbocycles. The zero-order valence-electron chi connectivity index (χ0n) is 13.4. The molecule has 0 bridgehead atoms. The summed E-state index contributed by atoms with van der Waals surface area (Å²) >= 11 is 1.77. The van der Waals surface area contributed by atoms with Crippen molar-refractivity contribution < 1.29 is 14.3 Å². The molecule has 0 radical (unpaired) electrons. The first-order valence-electron chi connectivity index (χ1n) is 8.08. The first-order valence-corrected chi connectivity index (χ1v) is 9.23. The normalized spacial score (nSPS) is 15.8. The fraction of sp³-hybridized carbons (Fsp3) is 0.316. The van der Waals surface area contributed by atoms with Crippen molar-refractivity contribution in [3.05, 3.63) is 60.2 Å². The van der Waals surface area contributed by atoms with E-state index in [0.717, 1.165) is 23.0 Å². The Hall–Kier alpha value is -2.14. The quantitative estimate of drug-likeness (QED) is 0.784. The highest BCUT2D eigenvalue weighted by molar-refractivity contribution is 7.98. The molecule has 0 saturated heterocycles. The molecule has 1 amide bonds. The third-order valence-corrected chi connectivity index (χ3v) is 4.71. The molecular formula is C19H21NO3S. The van der Waals surface area contributed by atoms with Crippen LogP contribution >= 0.6 is 11.8 Å². The average Bonchev–Trinajstić information content (AvgIpc) is 2.64. The van der Waals surface area contributed by atoms with Crippen molar-refractivity contribution in [1.82, 2.24) is 5.32 Å². The molecule has 2 aromatic rings. The van der Waals surface area contributed by atoms with Crippen LogP contribution in [0.2, 0.25) is 0 Å². The summed E-state index contributed by atoms with van der Waals surface area (Å²) in [6.07, 6.45) is 0.377. The van der Waals surface area contributed by atoms with Gasteiger partial charge >= 0.3 is 0 Å². The van der Waals surface area contributed by atoms with Gasteiger partial charge in [-0.1, -0.05) is 42.5 Å². The van der Waals surface area contributed by atoms with Gasteiger partial charge < -0.3 is 14.8 Å². The van der Waals surface area contributed by atoms with Gasteiger partial charge in [0.05, 0.1) is 6.54 Å². The first kappa shape index (κ1) is 16.7. The molecule has 1 aliphatic heterocycles. The van der Waals surface area contributed by atoms with Crippen LogP contribution in [0.25, 0.3) is 0 Å². The Morgan fingerprint density at radius 1 is 1.08 bits per heavy atom. The number of thioether (sulfide) groups is 1. The molecule has 1 N–H and O–H groups in total. The van der Waals surface area contributed by atoms with Crippen LogP contribution in [-0.4, -0.2) is 30.9 Å². The molecule has 2 aromatic carbocycles. The van der Waals surface area contributed by atoms with Crippen LogP contribution in [0.15, 0.2) is 54.6 Å². The molecule has 5 heteroatoms. The number of carbonyl (C=O) groups is 1. The summed E-state index contributed by atoms with van der Waals surface area (Å²) in [7, 11) is 0. The largest absolute Gasteiger partial charge is 0.486 e. The number of para-hydroxylation sites is 2. The van der Waals surface area contributed by atoms with E-state index in [9.17, 15) is 4.79 Å². The maximum absolute atomic E-state index is 11.9. The van der Waals surface area contributed by atoms with Crippen LogP contribution in [0.3, 0.4) is 0 Å². The molecule has 0 saturated carbocycles. The molecule has 4 nitrogen and oxygen atoms in total. The summed E-state index contributed by atoms with van der Waals surface area (Å²) in [5, 5.41) is 2.92. The van der Waals surface area contributed by atoms with Crippen LogP contribution in [0.4, 0.5) is 0 Å². The molecule has 0 fully saturated rings. The molecule has 1 atom stereocenters. The summed E-state index contributed by atoms with van der Waals surface area (Å²) in [5.74, 6) is 3.30. The van der Waals surface area contributed by atoms with Crippen molar-refractivity contribution in [2.75, 3.05) is 18.9 Å². The van der Waals surface area contributed by atoms with E-state index in [4.69, 9.17) is 9.47 Å². The Bertz CT molecular complexity index is 663. The molecular weight excluding hydrogens is 322 g/mol. The van der Waals surface area contributed by atoms with Crippen LogP contribution in [0, 0.1) is 0 Å². The van der Waals surface area contributed by atoms with Crippen molar-refractivity contribution >= 4 is 17.7 Å². The summed E-state index contributed by atoms with van der Waals surface area (Å²) in [5.41, 5.74) is 1.29. The number of fused-ring (bicyclic) bond motifs is 1. The number of benzene rings is 2. The maximum atomic E-state index is 11.9. The Labute approximate surface area is 146 Å². The van der Waals surface area contributed by atoms with E-state index in [-0.39, 0.29) is 12.0 Å². The molecule has 1 aliphatic rings. The SMILES string of the molecule is O=C(CCSCc1ccccc1)NC[C@H]1COc2ccccc2O1. The summed E-state index contributed by atoms with van der Waals surface area (Å²) < 4.78 is 11.5. The lowest BCUT2D eigenvalue weighted by Crippen LogP contribution is -2.40. The van der Waals surface area contributed by atoms with E-state index in [1.807, 2.05) is 42.5 Å². The standard InChI is InChI=1S/C19H21NO3S/c21-19(10-11-24-14-15-6-2-1-3-7-15)20-12-16-13-22-17-8-4-5-9-18(17)23-16/h1-9,16H,10-14H2,(H,20,21)/t16-/m0/s1. The smallest absolute Gasteiger partial charge is 0.220 e. The molecule has 3 rings (SSSR count). The van der Waals surface area contributed by atoms with Crippen molar-refractivity contribution in [3.8, 4) is 11.5 Å². The Morgan fingerprint density at radius 2 is 1.83 bits per heavy atom. The number of hydrogen-bond donors (Lipinski definition) is 1. The van der Waals surface area contributed by atoms with Crippen LogP contribution in [0.5, 0.6) is 11.5 Å². The average molecular weight is 343 g/mol.